The number of ether oxygens (including phenoxy) is 3. The SMILES string of the molecule is COc1cccc(NCc2ccc(OCC(=O)Nc3ccc(F)c(Cl)c3)c(OC)c2)c1. The van der Waals surface area contributed by atoms with Gasteiger partial charge in [0.15, 0.2) is 18.1 Å². The van der Waals surface area contributed by atoms with Crippen molar-refractivity contribution in [3.05, 3.63) is 77.1 Å². The first-order chi connectivity index (χ1) is 15.0. The molecule has 0 fully saturated rings. The Labute approximate surface area is 184 Å². The smallest absolute Gasteiger partial charge is 0.262 e. The first kappa shape index (κ1) is 22.2. The number of nitrogens with one attached hydrogen (secondary N) is 2. The Morgan fingerprint density at radius 2 is 1.81 bits per heavy atom. The Balaban J connectivity index is 1.57. The topological polar surface area (TPSA) is 68.8 Å². The highest BCUT2D eigenvalue weighted by Gasteiger charge is 2.10. The van der Waals surface area contributed by atoms with Gasteiger partial charge in [-0.25, -0.2) is 4.39 Å². The van der Waals surface area contributed by atoms with Crippen LogP contribution in [0, 0.1) is 5.82 Å². The van der Waals surface area contributed by atoms with E-state index in [1.165, 1.54) is 25.3 Å². The third kappa shape index (κ3) is 6.26. The Kier molecular flexibility index (Phi) is 7.56. The number of hydrogen-bond donors (Lipinski definition) is 2. The molecule has 0 spiro atoms. The lowest BCUT2D eigenvalue weighted by Gasteiger charge is -2.13. The lowest BCUT2D eigenvalue weighted by molar-refractivity contribution is -0.118. The maximum Gasteiger partial charge on any atom is 0.262 e. The summed E-state index contributed by atoms with van der Waals surface area (Å²) in [6.45, 7) is 0.322. The van der Waals surface area contributed by atoms with Gasteiger partial charge in [-0.3, -0.25) is 4.79 Å². The van der Waals surface area contributed by atoms with Crippen LogP contribution < -0.4 is 24.8 Å². The van der Waals surface area contributed by atoms with E-state index in [9.17, 15) is 9.18 Å². The van der Waals surface area contributed by atoms with Crippen LogP contribution in [0.15, 0.2) is 60.7 Å². The molecule has 0 aliphatic heterocycles. The van der Waals surface area contributed by atoms with Crippen molar-refractivity contribution in [2.75, 3.05) is 31.5 Å². The zero-order valence-corrected chi connectivity index (χ0v) is 17.8. The van der Waals surface area contributed by atoms with Crippen molar-refractivity contribution in [2.45, 2.75) is 6.54 Å². The molecule has 0 radical (unpaired) electrons. The first-order valence-electron chi connectivity index (χ1n) is 9.41. The Morgan fingerprint density at radius 1 is 0.968 bits per heavy atom. The van der Waals surface area contributed by atoms with E-state index in [0.29, 0.717) is 23.7 Å². The van der Waals surface area contributed by atoms with Crippen molar-refractivity contribution in [1.29, 1.82) is 0 Å². The molecule has 31 heavy (non-hydrogen) atoms. The van der Waals surface area contributed by atoms with Gasteiger partial charge in [-0.2, -0.15) is 0 Å². The second kappa shape index (κ2) is 10.5. The van der Waals surface area contributed by atoms with Crippen LogP contribution in [0.25, 0.3) is 0 Å². The summed E-state index contributed by atoms with van der Waals surface area (Å²) < 4.78 is 29.4. The average Bonchev–Trinajstić information content (AvgIpc) is 2.79. The molecule has 0 heterocycles. The molecule has 0 saturated carbocycles. The Morgan fingerprint density at radius 3 is 2.55 bits per heavy atom. The molecule has 0 bridgehead atoms. The molecule has 0 aliphatic carbocycles. The second-order valence-electron chi connectivity index (χ2n) is 6.54. The van der Waals surface area contributed by atoms with Crippen LogP contribution in [0.5, 0.6) is 17.2 Å². The maximum atomic E-state index is 13.2. The van der Waals surface area contributed by atoms with E-state index in [1.54, 1.807) is 13.2 Å². The molecule has 2 N–H and O–H groups in total. The highest BCUT2D eigenvalue weighted by Crippen LogP contribution is 2.29. The van der Waals surface area contributed by atoms with Crippen LogP contribution in [-0.4, -0.2) is 26.7 Å². The van der Waals surface area contributed by atoms with Gasteiger partial charge in [-0.15, -0.1) is 0 Å². The van der Waals surface area contributed by atoms with Gasteiger partial charge in [-0.1, -0.05) is 23.7 Å². The average molecular weight is 445 g/mol. The molecular weight excluding hydrogens is 423 g/mol. The Bertz CT molecular complexity index is 1060. The molecule has 3 rings (SSSR count). The standard InChI is InChI=1S/C23H22ClFN2O4/c1-29-18-5-3-4-16(11-18)26-13-15-6-9-21(22(10-15)30-2)31-14-23(28)27-17-7-8-20(25)19(24)12-17/h3-12,26H,13-14H2,1-2H3,(H,27,28). The fourth-order valence-electron chi connectivity index (χ4n) is 2.79. The molecule has 0 atom stereocenters. The third-order valence-electron chi connectivity index (χ3n) is 4.36. The number of amides is 1. The van der Waals surface area contributed by atoms with Crippen LogP contribution in [-0.2, 0) is 11.3 Å². The van der Waals surface area contributed by atoms with E-state index < -0.39 is 11.7 Å². The number of methoxy groups -OCH3 is 2. The van der Waals surface area contributed by atoms with Gasteiger partial charge in [0.2, 0.25) is 0 Å². The molecule has 8 heteroatoms. The lowest BCUT2D eigenvalue weighted by Crippen LogP contribution is -2.20. The summed E-state index contributed by atoms with van der Waals surface area (Å²) in [4.78, 5) is 12.1. The highest BCUT2D eigenvalue weighted by molar-refractivity contribution is 6.31. The summed E-state index contributed by atoms with van der Waals surface area (Å²) in [5.41, 5.74) is 2.28. The quantitative estimate of drug-likeness (QED) is 0.479. The number of halogens is 2. The van der Waals surface area contributed by atoms with Crippen LogP contribution >= 0.6 is 11.6 Å². The fraction of sp³-hybridized carbons (Fsp3) is 0.174. The summed E-state index contributed by atoms with van der Waals surface area (Å²) >= 11 is 5.72. The van der Waals surface area contributed by atoms with Crippen molar-refractivity contribution in [1.82, 2.24) is 0 Å². The minimum atomic E-state index is -0.554. The number of hydrogen-bond acceptors (Lipinski definition) is 5. The summed E-state index contributed by atoms with van der Waals surface area (Å²) in [5, 5.41) is 5.84. The summed E-state index contributed by atoms with van der Waals surface area (Å²) in [6.07, 6.45) is 0. The number of carbonyl (C=O) groups excluding carboxylic acids is 1. The summed E-state index contributed by atoms with van der Waals surface area (Å²) in [7, 11) is 3.15. The van der Waals surface area contributed by atoms with Gasteiger partial charge in [0.05, 0.1) is 19.2 Å². The number of anilines is 2. The summed E-state index contributed by atoms with van der Waals surface area (Å²) in [5.74, 6) is 0.741. The molecule has 0 aromatic heterocycles. The van der Waals surface area contributed by atoms with E-state index in [1.807, 2.05) is 36.4 Å². The minimum absolute atomic E-state index is 0.0708. The predicted molar refractivity (Wildman–Crippen MR) is 119 cm³/mol. The molecule has 3 aromatic carbocycles. The van der Waals surface area contributed by atoms with E-state index in [-0.39, 0.29) is 11.6 Å². The van der Waals surface area contributed by atoms with Crippen molar-refractivity contribution < 1.29 is 23.4 Å². The number of benzene rings is 3. The molecule has 0 aliphatic rings. The molecule has 1 amide bonds. The maximum absolute atomic E-state index is 13.2. The molecule has 0 unspecified atom stereocenters. The van der Waals surface area contributed by atoms with Crippen LogP contribution in [0.2, 0.25) is 5.02 Å². The first-order valence-corrected chi connectivity index (χ1v) is 9.79. The van der Waals surface area contributed by atoms with E-state index in [2.05, 4.69) is 10.6 Å². The van der Waals surface area contributed by atoms with E-state index in [4.69, 9.17) is 25.8 Å². The van der Waals surface area contributed by atoms with Gasteiger partial charge in [0.1, 0.15) is 11.6 Å². The van der Waals surface area contributed by atoms with Gasteiger partial charge in [0, 0.05) is 24.0 Å². The number of carbonyl (C=O) groups is 1. The lowest BCUT2D eigenvalue weighted by atomic mass is 10.2. The largest absolute Gasteiger partial charge is 0.497 e. The molecule has 6 nitrogen and oxygen atoms in total. The third-order valence-corrected chi connectivity index (χ3v) is 4.65. The van der Waals surface area contributed by atoms with Crippen molar-refractivity contribution >= 4 is 28.9 Å². The molecule has 162 valence electrons. The van der Waals surface area contributed by atoms with E-state index >= 15 is 0 Å². The molecule has 3 aromatic rings. The molecule has 0 saturated heterocycles. The van der Waals surface area contributed by atoms with Crippen LogP contribution in [0.1, 0.15) is 5.56 Å². The van der Waals surface area contributed by atoms with Gasteiger partial charge in [-0.05, 0) is 48.0 Å². The van der Waals surface area contributed by atoms with Crippen molar-refractivity contribution in [3.8, 4) is 17.2 Å². The highest BCUT2D eigenvalue weighted by atomic mass is 35.5. The van der Waals surface area contributed by atoms with Crippen LogP contribution in [0.3, 0.4) is 0 Å². The number of rotatable bonds is 9. The predicted octanol–water partition coefficient (Wildman–Crippen LogP) is 5.13. The van der Waals surface area contributed by atoms with Gasteiger partial charge < -0.3 is 24.8 Å². The Hall–Kier alpha value is -3.45. The van der Waals surface area contributed by atoms with Gasteiger partial charge in [0.25, 0.3) is 5.91 Å². The fourth-order valence-corrected chi connectivity index (χ4v) is 2.97. The second-order valence-corrected chi connectivity index (χ2v) is 6.94. The van der Waals surface area contributed by atoms with Gasteiger partial charge >= 0.3 is 0 Å². The minimum Gasteiger partial charge on any atom is -0.497 e. The van der Waals surface area contributed by atoms with Crippen molar-refractivity contribution in [2.24, 2.45) is 0 Å². The van der Waals surface area contributed by atoms with Crippen LogP contribution in [0.4, 0.5) is 15.8 Å². The van der Waals surface area contributed by atoms with E-state index in [0.717, 1.165) is 17.0 Å². The monoisotopic (exact) mass is 444 g/mol. The summed E-state index contributed by atoms with van der Waals surface area (Å²) in [6, 6.07) is 17.0. The zero-order chi connectivity index (χ0) is 22.2. The zero-order valence-electron chi connectivity index (χ0n) is 17.1. The molecular formula is C23H22ClFN2O4. The normalized spacial score (nSPS) is 10.3. The van der Waals surface area contributed by atoms with Crippen molar-refractivity contribution in [3.63, 3.8) is 0 Å².